The molecule has 0 aromatic heterocycles. The van der Waals surface area contributed by atoms with E-state index in [0.717, 1.165) is 25.7 Å². The summed E-state index contributed by atoms with van der Waals surface area (Å²) in [4.78, 5) is 40.4. The van der Waals surface area contributed by atoms with E-state index in [2.05, 4.69) is 0 Å². The van der Waals surface area contributed by atoms with Crippen molar-refractivity contribution in [1.82, 2.24) is 0 Å². The molecule has 0 unspecified atom stereocenters. The molecule has 0 radical (unpaired) electrons. The number of rotatable bonds is 12. The van der Waals surface area contributed by atoms with Crippen molar-refractivity contribution in [3.05, 3.63) is 0 Å². The standard InChI is InChI=1S/2C6H10O3.2C4H9O.Ti/c2*1-2-3-5(7)4-6(8)9;2*1-2-3-4-5;/h2*2-4H2,1H3,(H,8,9);2*2-4H2,1H3;/q;;2*-1;+4/p-2. The fraction of sp³-hybridized carbons (Fsp3) is 0.800. The molecule has 0 aliphatic heterocycles. The zero-order chi connectivity index (χ0) is 22.8. The summed E-state index contributed by atoms with van der Waals surface area (Å²) < 4.78 is 0. The first-order valence-corrected chi connectivity index (χ1v) is 9.75. The van der Waals surface area contributed by atoms with E-state index in [-0.39, 0.29) is 46.5 Å². The number of carboxylic acids is 2. The van der Waals surface area contributed by atoms with Crippen LogP contribution in [-0.4, -0.2) is 36.7 Å². The normalized spacial score (nSPS) is 8.48. The smallest absolute Gasteiger partial charge is 0.854 e. The molecular formula is C20H36O8Ti. The van der Waals surface area contributed by atoms with Crippen molar-refractivity contribution in [2.75, 3.05) is 13.2 Å². The largest absolute Gasteiger partial charge is 4.00 e. The second-order valence-electron chi connectivity index (χ2n) is 5.79. The third-order valence-corrected chi connectivity index (χ3v) is 2.74. The molecule has 0 rings (SSSR count). The molecule has 0 saturated heterocycles. The predicted octanol–water partition coefficient (Wildman–Crippen LogP) is -0.718. The van der Waals surface area contributed by atoms with Crippen molar-refractivity contribution in [1.29, 1.82) is 0 Å². The molecule has 0 N–H and O–H groups in total. The Labute approximate surface area is 190 Å². The number of carbonyl (C=O) groups is 4. The van der Waals surface area contributed by atoms with Crippen molar-refractivity contribution in [3.8, 4) is 0 Å². The minimum Gasteiger partial charge on any atom is -0.854 e. The van der Waals surface area contributed by atoms with E-state index in [4.69, 9.17) is 0 Å². The summed E-state index contributed by atoms with van der Waals surface area (Å²) >= 11 is 0. The molecule has 0 heterocycles. The molecule has 29 heavy (non-hydrogen) atoms. The Hall–Kier alpha value is -1.09. The zero-order valence-electron chi connectivity index (χ0n) is 18.3. The molecule has 0 amide bonds. The molecule has 0 saturated carbocycles. The van der Waals surface area contributed by atoms with Crippen LogP contribution < -0.4 is 20.4 Å². The van der Waals surface area contributed by atoms with E-state index in [0.29, 0.717) is 25.7 Å². The van der Waals surface area contributed by atoms with Gasteiger partial charge in [-0.3, -0.25) is 9.59 Å². The van der Waals surface area contributed by atoms with E-state index in [1.165, 1.54) is 0 Å². The van der Waals surface area contributed by atoms with Gasteiger partial charge in [0.15, 0.2) is 0 Å². The van der Waals surface area contributed by atoms with Crippen LogP contribution in [0.1, 0.15) is 91.9 Å². The van der Waals surface area contributed by atoms with Crippen LogP contribution in [0.25, 0.3) is 0 Å². The third-order valence-electron chi connectivity index (χ3n) is 2.74. The van der Waals surface area contributed by atoms with Gasteiger partial charge >= 0.3 is 21.7 Å². The fourth-order valence-electron chi connectivity index (χ4n) is 1.35. The minimum atomic E-state index is -1.28. The van der Waals surface area contributed by atoms with Crippen molar-refractivity contribution in [2.45, 2.75) is 91.9 Å². The molecule has 0 fully saturated rings. The molecule has 9 heteroatoms. The van der Waals surface area contributed by atoms with Crippen LogP contribution in [0.3, 0.4) is 0 Å². The minimum absolute atomic E-state index is 0. The van der Waals surface area contributed by atoms with Crippen LogP contribution in [-0.2, 0) is 40.9 Å². The predicted molar refractivity (Wildman–Crippen MR) is 98.6 cm³/mol. The van der Waals surface area contributed by atoms with Crippen LogP contribution >= 0.6 is 0 Å². The van der Waals surface area contributed by atoms with Gasteiger partial charge in [-0.1, -0.05) is 53.4 Å². The summed E-state index contributed by atoms with van der Waals surface area (Å²) in [5.74, 6) is -3.07. The summed E-state index contributed by atoms with van der Waals surface area (Å²) in [5, 5.41) is 38.6. The first-order valence-electron chi connectivity index (χ1n) is 9.75. The Kier molecular flexibility index (Phi) is 45.7. The van der Waals surface area contributed by atoms with E-state index in [1.807, 2.05) is 27.7 Å². The van der Waals surface area contributed by atoms with E-state index < -0.39 is 24.8 Å². The molecule has 0 aromatic carbocycles. The van der Waals surface area contributed by atoms with Crippen LogP contribution in [0.4, 0.5) is 0 Å². The average molecular weight is 452 g/mol. The quantitative estimate of drug-likeness (QED) is 0.277. The monoisotopic (exact) mass is 452 g/mol. The van der Waals surface area contributed by atoms with Crippen molar-refractivity contribution in [3.63, 3.8) is 0 Å². The first kappa shape index (κ1) is 38.5. The van der Waals surface area contributed by atoms with E-state index in [9.17, 15) is 39.6 Å². The maximum Gasteiger partial charge on any atom is 4.00 e. The number of hydrogen-bond donors (Lipinski definition) is 0. The number of aliphatic carboxylic acids is 2. The zero-order valence-corrected chi connectivity index (χ0v) is 19.8. The van der Waals surface area contributed by atoms with E-state index >= 15 is 0 Å². The summed E-state index contributed by atoms with van der Waals surface area (Å²) in [6.45, 7) is 7.86. The number of Topliss-reactive ketones (excluding diaryl/α,β-unsaturated/α-hetero) is 2. The number of unbranched alkanes of at least 4 members (excludes halogenated alkanes) is 2. The van der Waals surface area contributed by atoms with Crippen LogP contribution in [0.15, 0.2) is 0 Å². The maximum absolute atomic E-state index is 10.4. The van der Waals surface area contributed by atoms with Crippen molar-refractivity contribution < 1.29 is 61.3 Å². The van der Waals surface area contributed by atoms with Gasteiger partial charge < -0.3 is 30.0 Å². The Morgan fingerprint density at radius 2 is 0.862 bits per heavy atom. The maximum atomic E-state index is 10.4. The van der Waals surface area contributed by atoms with Gasteiger partial charge in [0, 0.05) is 37.6 Å². The first-order chi connectivity index (χ1) is 13.2. The average Bonchev–Trinajstić information content (AvgIpc) is 2.57. The molecule has 0 atom stereocenters. The topological polar surface area (TPSA) is 161 Å². The Bertz CT molecular complexity index is 347. The SMILES string of the molecule is CCCC(=O)CC(=O)[O-].CCCC(=O)CC(=O)[O-].CCCC[O-].CCCC[O-].[Ti+4]. The Morgan fingerprint density at radius 1 is 0.586 bits per heavy atom. The van der Waals surface area contributed by atoms with Gasteiger partial charge in [-0.15, -0.1) is 13.2 Å². The number of ketones is 2. The molecule has 8 nitrogen and oxygen atoms in total. The van der Waals surface area contributed by atoms with Gasteiger partial charge in [-0.05, 0) is 12.8 Å². The van der Waals surface area contributed by atoms with Crippen molar-refractivity contribution >= 4 is 23.5 Å². The molecule has 0 aromatic rings. The second kappa shape index (κ2) is 34.4. The van der Waals surface area contributed by atoms with Crippen LogP contribution in [0.5, 0.6) is 0 Å². The Balaban J connectivity index is -0.0000000907. The van der Waals surface area contributed by atoms with Gasteiger partial charge in [0.2, 0.25) is 0 Å². The van der Waals surface area contributed by atoms with Gasteiger partial charge in [0.1, 0.15) is 11.6 Å². The molecule has 0 aliphatic carbocycles. The van der Waals surface area contributed by atoms with E-state index in [1.54, 1.807) is 0 Å². The summed E-state index contributed by atoms with van der Waals surface area (Å²) in [6.07, 6.45) is 4.94. The van der Waals surface area contributed by atoms with Crippen LogP contribution in [0, 0.1) is 0 Å². The summed E-state index contributed by atoms with van der Waals surface area (Å²) in [5.41, 5.74) is 0. The number of carbonyl (C=O) groups excluding carboxylic acids is 4. The molecule has 0 spiro atoms. The molecule has 0 aliphatic rings. The van der Waals surface area contributed by atoms with Gasteiger partial charge in [-0.25, -0.2) is 0 Å². The summed E-state index contributed by atoms with van der Waals surface area (Å²) in [6, 6.07) is 0. The summed E-state index contributed by atoms with van der Waals surface area (Å²) in [7, 11) is 0. The van der Waals surface area contributed by atoms with Gasteiger partial charge in [-0.2, -0.15) is 0 Å². The third kappa shape index (κ3) is 58.4. The fourth-order valence-corrected chi connectivity index (χ4v) is 1.35. The molecule has 0 bridgehead atoms. The van der Waals surface area contributed by atoms with Crippen LogP contribution in [0.2, 0.25) is 0 Å². The van der Waals surface area contributed by atoms with Crippen molar-refractivity contribution in [2.24, 2.45) is 0 Å². The number of hydrogen-bond acceptors (Lipinski definition) is 8. The molecule has 168 valence electrons. The molecular weight excluding hydrogens is 416 g/mol. The Morgan fingerprint density at radius 3 is 0.966 bits per heavy atom. The van der Waals surface area contributed by atoms with Gasteiger partial charge in [0.25, 0.3) is 0 Å². The number of carboxylic acid groups (broad SMARTS) is 2. The second-order valence-corrected chi connectivity index (χ2v) is 5.79. The van der Waals surface area contributed by atoms with Gasteiger partial charge in [0.05, 0.1) is 0 Å².